The number of benzene rings is 2. The summed E-state index contributed by atoms with van der Waals surface area (Å²) in [7, 11) is -0.601. The zero-order chi connectivity index (χ0) is 20.3. The maximum atomic E-state index is 13.2. The SMILES string of the molecule is COc1ccc(S(=O)(=O)N2C[C@@H](S)C[C@H]2C(=O)N(C)Cc2ccccc2)cc1. The van der Waals surface area contributed by atoms with Crippen LogP contribution in [0, 0.1) is 0 Å². The van der Waals surface area contributed by atoms with Crippen molar-refractivity contribution in [1.82, 2.24) is 9.21 Å². The summed E-state index contributed by atoms with van der Waals surface area (Å²) in [6, 6.07) is 15.0. The summed E-state index contributed by atoms with van der Waals surface area (Å²) < 4.78 is 32.7. The van der Waals surface area contributed by atoms with Crippen molar-refractivity contribution in [3.63, 3.8) is 0 Å². The summed E-state index contributed by atoms with van der Waals surface area (Å²) in [5.41, 5.74) is 0.989. The fourth-order valence-corrected chi connectivity index (χ4v) is 5.47. The molecule has 1 amide bonds. The summed E-state index contributed by atoms with van der Waals surface area (Å²) in [4.78, 5) is 14.8. The standard InChI is InChI=1S/C20H24N2O4S2/c1-21(13-15-6-4-3-5-7-15)20(23)19-12-17(27)14-22(19)28(24,25)18-10-8-16(26-2)9-11-18/h3-11,17,19,27H,12-14H2,1-2H3/t17-,19-/m0/s1. The quantitative estimate of drug-likeness (QED) is 0.729. The minimum Gasteiger partial charge on any atom is -0.497 e. The molecule has 6 nitrogen and oxygen atoms in total. The van der Waals surface area contributed by atoms with Gasteiger partial charge < -0.3 is 9.64 Å². The predicted octanol–water partition coefficient (Wildman–Crippen LogP) is 2.42. The molecule has 0 N–H and O–H groups in total. The molecule has 0 aromatic heterocycles. The van der Waals surface area contributed by atoms with Crippen LogP contribution in [0.5, 0.6) is 5.75 Å². The Balaban J connectivity index is 1.82. The summed E-state index contributed by atoms with van der Waals surface area (Å²) in [5.74, 6) is 0.347. The second-order valence-corrected chi connectivity index (χ2v) is 9.46. The van der Waals surface area contributed by atoms with Crippen LogP contribution in [0.2, 0.25) is 0 Å². The lowest BCUT2D eigenvalue weighted by Crippen LogP contribution is -2.46. The van der Waals surface area contributed by atoms with Gasteiger partial charge in [-0.3, -0.25) is 4.79 Å². The lowest BCUT2D eigenvalue weighted by molar-refractivity contribution is -0.133. The molecule has 1 aliphatic heterocycles. The van der Waals surface area contributed by atoms with E-state index >= 15 is 0 Å². The summed E-state index contributed by atoms with van der Waals surface area (Å²) in [6.07, 6.45) is 0.385. The highest BCUT2D eigenvalue weighted by molar-refractivity contribution is 7.89. The van der Waals surface area contributed by atoms with Gasteiger partial charge in [-0.25, -0.2) is 8.42 Å². The average Bonchev–Trinajstić information content (AvgIpc) is 3.10. The molecule has 3 rings (SSSR count). The van der Waals surface area contributed by atoms with Crippen molar-refractivity contribution in [1.29, 1.82) is 0 Å². The van der Waals surface area contributed by atoms with Gasteiger partial charge in [-0.05, 0) is 36.2 Å². The van der Waals surface area contributed by atoms with Gasteiger partial charge in [-0.15, -0.1) is 0 Å². The molecule has 0 aliphatic carbocycles. The highest BCUT2D eigenvalue weighted by Gasteiger charge is 2.43. The topological polar surface area (TPSA) is 66.9 Å². The summed E-state index contributed by atoms with van der Waals surface area (Å²) in [5, 5.41) is -0.188. The molecule has 28 heavy (non-hydrogen) atoms. The van der Waals surface area contributed by atoms with E-state index in [9.17, 15) is 13.2 Å². The van der Waals surface area contributed by atoms with Crippen LogP contribution in [-0.4, -0.2) is 55.5 Å². The second-order valence-electron chi connectivity index (χ2n) is 6.84. The van der Waals surface area contributed by atoms with Crippen molar-refractivity contribution in [3.05, 3.63) is 60.2 Å². The molecule has 1 aliphatic rings. The minimum atomic E-state index is -3.82. The normalized spacial score (nSPS) is 20.1. The number of carbonyl (C=O) groups is 1. The molecule has 0 unspecified atom stereocenters. The van der Waals surface area contributed by atoms with Crippen LogP contribution in [0.4, 0.5) is 0 Å². The number of nitrogens with zero attached hydrogens (tertiary/aromatic N) is 2. The van der Waals surface area contributed by atoms with Crippen LogP contribution < -0.4 is 4.74 Å². The van der Waals surface area contributed by atoms with Gasteiger partial charge in [0.15, 0.2) is 0 Å². The third kappa shape index (κ3) is 4.34. The second kappa shape index (κ2) is 8.55. The molecular weight excluding hydrogens is 396 g/mol. The highest BCUT2D eigenvalue weighted by Crippen LogP contribution is 2.30. The largest absolute Gasteiger partial charge is 0.497 e. The number of amides is 1. The zero-order valence-corrected chi connectivity index (χ0v) is 17.6. The lowest BCUT2D eigenvalue weighted by Gasteiger charge is -2.27. The Morgan fingerprint density at radius 2 is 1.82 bits per heavy atom. The molecule has 2 atom stereocenters. The van der Waals surface area contributed by atoms with Crippen LogP contribution in [0.3, 0.4) is 0 Å². The van der Waals surface area contributed by atoms with Crippen LogP contribution >= 0.6 is 12.6 Å². The van der Waals surface area contributed by atoms with Gasteiger partial charge in [0, 0.05) is 25.4 Å². The number of methoxy groups -OCH3 is 1. The predicted molar refractivity (Wildman–Crippen MR) is 111 cm³/mol. The number of ether oxygens (including phenoxy) is 1. The summed E-state index contributed by atoms with van der Waals surface area (Å²) in [6.45, 7) is 0.622. The molecule has 1 saturated heterocycles. The maximum absolute atomic E-state index is 13.2. The van der Waals surface area contributed by atoms with Crippen molar-refractivity contribution in [2.24, 2.45) is 0 Å². The molecule has 0 bridgehead atoms. The van der Waals surface area contributed by atoms with E-state index < -0.39 is 16.1 Å². The number of thiol groups is 1. The van der Waals surface area contributed by atoms with Crippen LogP contribution in [0.1, 0.15) is 12.0 Å². The van der Waals surface area contributed by atoms with Gasteiger partial charge in [0.25, 0.3) is 0 Å². The van der Waals surface area contributed by atoms with E-state index in [4.69, 9.17) is 4.74 Å². The van der Waals surface area contributed by atoms with E-state index in [2.05, 4.69) is 12.6 Å². The van der Waals surface area contributed by atoms with Crippen molar-refractivity contribution >= 4 is 28.6 Å². The fraction of sp³-hybridized carbons (Fsp3) is 0.350. The molecule has 8 heteroatoms. The molecule has 0 saturated carbocycles. The van der Waals surface area contributed by atoms with Crippen molar-refractivity contribution in [2.45, 2.75) is 29.2 Å². The highest BCUT2D eigenvalue weighted by atomic mass is 32.2. The fourth-order valence-electron chi connectivity index (χ4n) is 3.35. The van der Waals surface area contributed by atoms with Crippen molar-refractivity contribution in [3.8, 4) is 5.75 Å². The number of rotatable bonds is 6. The average molecular weight is 421 g/mol. The van der Waals surface area contributed by atoms with Gasteiger partial charge >= 0.3 is 0 Å². The van der Waals surface area contributed by atoms with Gasteiger partial charge in [-0.2, -0.15) is 16.9 Å². The molecule has 0 spiro atoms. The van der Waals surface area contributed by atoms with Crippen LogP contribution in [0.15, 0.2) is 59.5 Å². The minimum absolute atomic E-state index is 0.138. The Morgan fingerprint density at radius 1 is 1.18 bits per heavy atom. The van der Waals surface area contributed by atoms with E-state index in [0.717, 1.165) is 5.56 Å². The molecule has 0 radical (unpaired) electrons. The van der Waals surface area contributed by atoms with E-state index in [1.54, 1.807) is 24.1 Å². The first-order chi connectivity index (χ1) is 13.3. The van der Waals surface area contributed by atoms with E-state index in [0.29, 0.717) is 18.7 Å². The van der Waals surface area contributed by atoms with Crippen LogP contribution in [-0.2, 0) is 21.4 Å². The van der Waals surface area contributed by atoms with E-state index in [-0.39, 0.29) is 22.6 Å². The molecular formula is C20H24N2O4S2. The van der Waals surface area contributed by atoms with Gasteiger partial charge in [0.05, 0.1) is 12.0 Å². The number of likely N-dealkylation sites (N-methyl/N-ethyl adjacent to an activating group) is 1. The number of hydrogen-bond donors (Lipinski definition) is 1. The Labute approximate surface area is 171 Å². The maximum Gasteiger partial charge on any atom is 0.243 e. The first kappa shape index (κ1) is 20.7. The van der Waals surface area contributed by atoms with E-state index in [1.165, 1.54) is 23.5 Å². The smallest absolute Gasteiger partial charge is 0.243 e. The third-order valence-corrected chi connectivity index (χ3v) is 7.09. The number of sulfonamides is 1. The Hall–Kier alpha value is -2.03. The van der Waals surface area contributed by atoms with Crippen LogP contribution in [0.25, 0.3) is 0 Å². The molecule has 1 heterocycles. The first-order valence-corrected chi connectivity index (χ1v) is 10.9. The van der Waals surface area contributed by atoms with Crippen molar-refractivity contribution < 1.29 is 17.9 Å². The Bertz CT molecular complexity index is 917. The van der Waals surface area contributed by atoms with Gasteiger partial charge in [0.2, 0.25) is 15.9 Å². The number of carbonyl (C=O) groups excluding carboxylic acids is 1. The van der Waals surface area contributed by atoms with Crippen molar-refractivity contribution in [2.75, 3.05) is 20.7 Å². The lowest BCUT2D eigenvalue weighted by atomic mass is 10.1. The Morgan fingerprint density at radius 3 is 2.43 bits per heavy atom. The molecule has 150 valence electrons. The Kier molecular flexibility index (Phi) is 6.32. The molecule has 2 aromatic rings. The van der Waals surface area contributed by atoms with Gasteiger partial charge in [-0.1, -0.05) is 30.3 Å². The molecule has 2 aromatic carbocycles. The summed E-state index contributed by atoms with van der Waals surface area (Å²) >= 11 is 4.45. The van der Waals surface area contributed by atoms with Gasteiger partial charge in [0.1, 0.15) is 11.8 Å². The zero-order valence-electron chi connectivity index (χ0n) is 15.9. The monoisotopic (exact) mass is 420 g/mol. The molecule has 1 fully saturated rings. The first-order valence-electron chi connectivity index (χ1n) is 8.96. The van der Waals surface area contributed by atoms with E-state index in [1.807, 2.05) is 30.3 Å². The third-order valence-electron chi connectivity index (χ3n) is 4.82. The number of hydrogen-bond acceptors (Lipinski definition) is 5.